The highest BCUT2D eigenvalue weighted by atomic mass is 35.5. The van der Waals surface area contributed by atoms with Crippen LogP contribution < -0.4 is 10.6 Å². The van der Waals surface area contributed by atoms with E-state index in [2.05, 4.69) is 36.4 Å². The molecule has 0 aromatic rings. The standard InChI is InChI=1S/C12H25N3O.2ClH/c1-4-12(7-6-8-14-12)11(16)13-9-10-15(3)5-2;;/h14H,4-10H2,1-3H3,(H,13,16);2*1H. The van der Waals surface area contributed by atoms with Gasteiger partial charge in [0.1, 0.15) is 0 Å². The van der Waals surface area contributed by atoms with Crippen LogP contribution in [0.1, 0.15) is 33.1 Å². The van der Waals surface area contributed by atoms with Crippen molar-refractivity contribution in [2.75, 3.05) is 33.2 Å². The van der Waals surface area contributed by atoms with Crippen LogP contribution in [0.15, 0.2) is 0 Å². The van der Waals surface area contributed by atoms with E-state index in [-0.39, 0.29) is 36.3 Å². The molecule has 0 aromatic carbocycles. The Morgan fingerprint density at radius 2 is 2.06 bits per heavy atom. The minimum absolute atomic E-state index is 0. The Bertz CT molecular complexity index is 233. The second-order valence-corrected chi connectivity index (χ2v) is 4.62. The molecule has 1 saturated heterocycles. The SMILES string of the molecule is CCN(C)CCNC(=O)C1(CC)CCCN1.Cl.Cl. The van der Waals surface area contributed by atoms with Gasteiger partial charge in [0.25, 0.3) is 0 Å². The van der Waals surface area contributed by atoms with Crippen LogP contribution in [0, 0.1) is 0 Å². The van der Waals surface area contributed by atoms with E-state index in [1.165, 1.54) is 0 Å². The van der Waals surface area contributed by atoms with Crippen molar-refractivity contribution < 1.29 is 4.79 Å². The summed E-state index contributed by atoms with van der Waals surface area (Å²) in [4.78, 5) is 14.3. The van der Waals surface area contributed by atoms with Crippen molar-refractivity contribution in [3.05, 3.63) is 0 Å². The first kappa shape index (κ1) is 20.3. The molecule has 18 heavy (non-hydrogen) atoms. The van der Waals surface area contributed by atoms with E-state index in [4.69, 9.17) is 0 Å². The zero-order valence-electron chi connectivity index (χ0n) is 11.6. The smallest absolute Gasteiger partial charge is 0.240 e. The number of likely N-dealkylation sites (N-methyl/N-ethyl adjacent to an activating group) is 1. The fraction of sp³-hybridized carbons (Fsp3) is 0.917. The predicted octanol–water partition coefficient (Wildman–Crippen LogP) is 1.43. The number of carbonyl (C=O) groups is 1. The zero-order chi connectivity index (χ0) is 12.0. The Morgan fingerprint density at radius 1 is 1.39 bits per heavy atom. The lowest BCUT2D eigenvalue weighted by Gasteiger charge is -2.27. The second-order valence-electron chi connectivity index (χ2n) is 4.62. The van der Waals surface area contributed by atoms with Gasteiger partial charge in [-0.3, -0.25) is 4.79 Å². The number of nitrogens with one attached hydrogen (secondary N) is 2. The van der Waals surface area contributed by atoms with Crippen molar-refractivity contribution in [3.8, 4) is 0 Å². The monoisotopic (exact) mass is 299 g/mol. The summed E-state index contributed by atoms with van der Waals surface area (Å²) >= 11 is 0. The molecule has 1 heterocycles. The lowest BCUT2D eigenvalue weighted by Crippen LogP contribution is -2.54. The highest BCUT2D eigenvalue weighted by molar-refractivity contribution is 5.86. The average molecular weight is 300 g/mol. The minimum atomic E-state index is -0.287. The van der Waals surface area contributed by atoms with Crippen LogP contribution in [-0.4, -0.2) is 49.6 Å². The van der Waals surface area contributed by atoms with Crippen molar-refractivity contribution in [2.24, 2.45) is 0 Å². The summed E-state index contributed by atoms with van der Waals surface area (Å²) in [5.41, 5.74) is -0.287. The molecule has 6 heteroatoms. The van der Waals surface area contributed by atoms with Crippen LogP contribution >= 0.6 is 24.8 Å². The topological polar surface area (TPSA) is 44.4 Å². The summed E-state index contributed by atoms with van der Waals surface area (Å²) in [7, 11) is 2.07. The number of hydrogen-bond donors (Lipinski definition) is 2. The van der Waals surface area contributed by atoms with Gasteiger partial charge in [-0.1, -0.05) is 13.8 Å². The largest absolute Gasteiger partial charge is 0.353 e. The molecule has 1 fully saturated rings. The molecule has 0 aliphatic carbocycles. The fourth-order valence-electron chi connectivity index (χ4n) is 2.15. The average Bonchev–Trinajstić information content (AvgIpc) is 2.78. The molecular formula is C12H27Cl2N3O. The molecule has 1 atom stereocenters. The number of nitrogens with zero attached hydrogens (tertiary/aromatic N) is 1. The number of carbonyl (C=O) groups excluding carboxylic acids is 1. The van der Waals surface area contributed by atoms with E-state index in [1.807, 2.05) is 0 Å². The molecule has 0 saturated carbocycles. The molecule has 1 amide bonds. The molecule has 0 bridgehead atoms. The van der Waals surface area contributed by atoms with Crippen molar-refractivity contribution in [3.63, 3.8) is 0 Å². The second kappa shape index (κ2) is 9.84. The number of amides is 1. The predicted molar refractivity (Wildman–Crippen MR) is 80.9 cm³/mol. The van der Waals surface area contributed by atoms with Crippen LogP contribution in [0.4, 0.5) is 0 Å². The third-order valence-electron chi connectivity index (χ3n) is 3.60. The van der Waals surface area contributed by atoms with E-state index in [9.17, 15) is 4.79 Å². The molecule has 2 N–H and O–H groups in total. The summed E-state index contributed by atoms with van der Waals surface area (Å²) in [6.45, 7) is 7.85. The molecule has 1 unspecified atom stereocenters. The summed E-state index contributed by atoms with van der Waals surface area (Å²) in [6, 6.07) is 0. The quantitative estimate of drug-likeness (QED) is 0.780. The molecule has 0 aromatic heterocycles. The van der Waals surface area contributed by atoms with Gasteiger partial charge in [-0.25, -0.2) is 0 Å². The minimum Gasteiger partial charge on any atom is -0.353 e. The molecule has 0 radical (unpaired) electrons. The van der Waals surface area contributed by atoms with Gasteiger partial charge in [0, 0.05) is 13.1 Å². The Hall–Kier alpha value is -0.0300. The fourth-order valence-corrected chi connectivity index (χ4v) is 2.15. The molecule has 110 valence electrons. The van der Waals surface area contributed by atoms with E-state index < -0.39 is 0 Å². The summed E-state index contributed by atoms with van der Waals surface area (Å²) in [5, 5.41) is 6.38. The Morgan fingerprint density at radius 3 is 2.50 bits per heavy atom. The van der Waals surface area contributed by atoms with Crippen LogP contribution in [0.2, 0.25) is 0 Å². The van der Waals surface area contributed by atoms with Crippen molar-refractivity contribution >= 4 is 30.7 Å². The lowest BCUT2D eigenvalue weighted by atomic mass is 9.93. The molecule has 0 spiro atoms. The van der Waals surface area contributed by atoms with Gasteiger partial charge in [-0.05, 0) is 39.4 Å². The first-order valence-electron chi connectivity index (χ1n) is 6.36. The van der Waals surface area contributed by atoms with Crippen molar-refractivity contribution in [2.45, 2.75) is 38.6 Å². The molecule has 1 aliphatic heterocycles. The maximum atomic E-state index is 12.1. The first-order valence-corrected chi connectivity index (χ1v) is 6.36. The van der Waals surface area contributed by atoms with Crippen LogP contribution in [0.5, 0.6) is 0 Å². The van der Waals surface area contributed by atoms with Gasteiger partial charge in [-0.2, -0.15) is 0 Å². The highest BCUT2D eigenvalue weighted by Crippen LogP contribution is 2.22. The van der Waals surface area contributed by atoms with Crippen LogP contribution in [-0.2, 0) is 4.79 Å². The number of rotatable bonds is 6. The third kappa shape index (κ3) is 5.31. The van der Waals surface area contributed by atoms with Gasteiger partial charge < -0.3 is 15.5 Å². The van der Waals surface area contributed by atoms with E-state index in [0.717, 1.165) is 45.4 Å². The Balaban J connectivity index is 0. The maximum Gasteiger partial charge on any atom is 0.240 e. The van der Waals surface area contributed by atoms with Crippen molar-refractivity contribution in [1.29, 1.82) is 0 Å². The van der Waals surface area contributed by atoms with Crippen LogP contribution in [0.3, 0.4) is 0 Å². The number of hydrogen-bond acceptors (Lipinski definition) is 3. The lowest BCUT2D eigenvalue weighted by molar-refractivity contribution is -0.127. The van der Waals surface area contributed by atoms with Gasteiger partial charge in [-0.15, -0.1) is 24.8 Å². The first-order chi connectivity index (χ1) is 7.64. The summed E-state index contributed by atoms with van der Waals surface area (Å²) in [6.07, 6.45) is 2.96. The van der Waals surface area contributed by atoms with Crippen molar-refractivity contribution in [1.82, 2.24) is 15.5 Å². The normalized spacial score (nSPS) is 22.2. The molecular weight excluding hydrogens is 273 g/mol. The number of halogens is 2. The van der Waals surface area contributed by atoms with Gasteiger partial charge in [0.05, 0.1) is 5.54 Å². The molecule has 1 aliphatic rings. The maximum absolute atomic E-state index is 12.1. The zero-order valence-corrected chi connectivity index (χ0v) is 13.3. The van der Waals surface area contributed by atoms with E-state index in [1.54, 1.807) is 0 Å². The van der Waals surface area contributed by atoms with Gasteiger partial charge in [0.2, 0.25) is 5.91 Å². The van der Waals surface area contributed by atoms with Gasteiger partial charge in [0.15, 0.2) is 0 Å². The van der Waals surface area contributed by atoms with E-state index >= 15 is 0 Å². The highest BCUT2D eigenvalue weighted by Gasteiger charge is 2.38. The molecule has 1 rings (SSSR count). The van der Waals surface area contributed by atoms with E-state index in [0.29, 0.717) is 0 Å². The summed E-state index contributed by atoms with van der Waals surface area (Å²) in [5.74, 6) is 0.178. The summed E-state index contributed by atoms with van der Waals surface area (Å²) < 4.78 is 0. The third-order valence-corrected chi connectivity index (χ3v) is 3.60. The Kier molecular flexibility index (Phi) is 11.1. The Labute approximate surface area is 123 Å². The van der Waals surface area contributed by atoms with Crippen LogP contribution in [0.25, 0.3) is 0 Å². The van der Waals surface area contributed by atoms with Gasteiger partial charge >= 0.3 is 0 Å². The molecule has 4 nitrogen and oxygen atoms in total.